The summed E-state index contributed by atoms with van der Waals surface area (Å²) in [7, 11) is 1.35. The molecule has 3 heterocycles. The first kappa shape index (κ1) is 24.1. The van der Waals surface area contributed by atoms with Gasteiger partial charge in [0.25, 0.3) is 5.91 Å². The zero-order chi connectivity index (χ0) is 24.9. The summed E-state index contributed by atoms with van der Waals surface area (Å²) < 4.78 is 38.9. The van der Waals surface area contributed by atoms with Crippen LogP contribution in [0.1, 0.15) is 16.2 Å². The van der Waals surface area contributed by atoms with E-state index in [1.807, 2.05) is 0 Å². The Hall–Kier alpha value is -3.99. The number of amides is 2. The van der Waals surface area contributed by atoms with Gasteiger partial charge in [0, 0.05) is 50.6 Å². The number of hydrogen-bond donors (Lipinski definition) is 1. The summed E-state index contributed by atoms with van der Waals surface area (Å²) in [5.74, 6) is -2.04. The molecule has 2 amide bonds. The van der Waals surface area contributed by atoms with Gasteiger partial charge in [-0.15, -0.1) is 0 Å². The van der Waals surface area contributed by atoms with Crippen LogP contribution in [0.4, 0.5) is 14.5 Å². The fraction of sp³-hybridized carbons (Fsp3) is 0.292. The van der Waals surface area contributed by atoms with Crippen LogP contribution in [0.2, 0.25) is 0 Å². The molecule has 0 radical (unpaired) electrons. The Kier molecular flexibility index (Phi) is 7.25. The lowest BCUT2D eigenvalue weighted by Crippen LogP contribution is -2.48. The summed E-state index contributed by atoms with van der Waals surface area (Å²) in [5, 5.41) is 2.41. The topological polar surface area (TPSA) is 97.0 Å². The summed E-state index contributed by atoms with van der Waals surface area (Å²) in [5.41, 5.74) is 0.0648. The molecule has 1 N–H and O–H groups in total. The largest absolute Gasteiger partial charge is 0.491 e. The average Bonchev–Trinajstić information content (AvgIpc) is 3.37. The molecule has 1 aromatic carbocycles. The second-order valence-corrected chi connectivity index (χ2v) is 8.04. The Labute approximate surface area is 199 Å². The van der Waals surface area contributed by atoms with Crippen molar-refractivity contribution in [3.05, 3.63) is 82.2 Å². The van der Waals surface area contributed by atoms with Crippen molar-refractivity contribution in [1.82, 2.24) is 14.4 Å². The smallest absolute Gasteiger partial charge is 0.289 e. The van der Waals surface area contributed by atoms with Gasteiger partial charge in [-0.3, -0.25) is 19.3 Å². The number of nitrogens with zero attached hydrogens (tertiary/aromatic N) is 3. The molecule has 0 bridgehead atoms. The van der Waals surface area contributed by atoms with E-state index in [4.69, 9.17) is 9.15 Å². The van der Waals surface area contributed by atoms with Gasteiger partial charge in [0.2, 0.25) is 11.3 Å². The van der Waals surface area contributed by atoms with E-state index >= 15 is 0 Å². The highest BCUT2D eigenvalue weighted by Crippen LogP contribution is 2.17. The summed E-state index contributed by atoms with van der Waals surface area (Å²) in [6.45, 7) is 2.19. The van der Waals surface area contributed by atoms with E-state index in [0.29, 0.717) is 44.5 Å². The number of ether oxygens (including phenoxy) is 1. The molecule has 2 aromatic heterocycles. The molecule has 11 heteroatoms. The van der Waals surface area contributed by atoms with E-state index in [0.717, 1.165) is 12.1 Å². The third-order valence-electron chi connectivity index (χ3n) is 5.70. The zero-order valence-corrected chi connectivity index (χ0v) is 19.0. The van der Waals surface area contributed by atoms with Crippen molar-refractivity contribution in [3.63, 3.8) is 0 Å². The molecule has 0 aliphatic carbocycles. The first-order chi connectivity index (χ1) is 16.8. The van der Waals surface area contributed by atoms with Crippen molar-refractivity contribution in [2.75, 3.05) is 38.6 Å². The lowest BCUT2D eigenvalue weighted by Gasteiger charge is -2.34. The SMILES string of the molecule is COc1cn(CC(=O)Nc2ccc(F)cc2F)c(CN2CCN(C(=O)c3ccco3)CC2)cc1=O. The van der Waals surface area contributed by atoms with Gasteiger partial charge in [0.15, 0.2) is 11.5 Å². The minimum atomic E-state index is -0.891. The van der Waals surface area contributed by atoms with Gasteiger partial charge in [-0.1, -0.05) is 0 Å². The van der Waals surface area contributed by atoms with Crippen LogP contribution in [0.3, 0.4) is 0 Å². The molecule has 1 aliphatic heterocycles. The number of carbonyl (C=O) groups excluding carboxylic acids is 2. The predicted molar refractivity (Wildman–Crippen MR) is 122 cm³/mol. The number of furan rings is 1. The maximum Gasteiger partial charge on any atom is 0.289 e. The van der Waals surface area contributed by atoms with Crippen molar-refractivity contribution in [2.24, 2.45) is 0 Å². The Bertz CT molecular complexity index is 1270. The van der Waals surface area contributed by atoms with Crippen molar-refractivity contribution in [1.29, 1.82) is 0 Å². The fourth-order valence-corrected chi connectivity index (χ4v) is 3.86. The number of benzene rings is 1. The first-order valence-electron chi connectivity index (χ1n) is 10.9. The molecule has 0 spiro atoms. The van der Waals surface area contributed by atoms with E-state index < -0.39 is 17.5 Å². The molecule has 1 aliphatic rings. The van der Waals surface area contributed by atoms with Crippen LogP contribution < -0.4 is 15.5 Å². The minimum absolute atomic E-state index is 0.0587. The van der Waals surface area contributed by atoms with Gasteiger partial charge >= 0.3 is 0 Å². The summed E-state index contributed by atoms with van der Waals surface area (Å²) in [6.07, 6.45) is 2.88. The molecule has 1 saturated heterocycles. The van der Waals surface area contributed by atoms with Gasteiger partial charge < -0.3 is 23.9 Å². The number of anilines is 1. The van der Waals surface area contributed by atoms with E-state index in [-0.39, 0.29) is 35.1 Å². The standard InChI is InChI=1S/C24H24F2N4O5/c1-34-22-14-30(15-23(32)27-19-5-4-16(25)11-18(19)26)17(12-20(22)31)13-28-6-8-29(9-7-28)24(33)21-3-2-10-35-21/h2-5,10-12,14H,6-9,13,15H2,1H3,(H,27,32). The predicted octanol–water partition coefficient (Wildman–Crippen LogP) is 2.32. The van der Waals surface area contributed by atoms with E-state index in [9.17, 15) is 23.2 Å². The summed E-state index contributed by atoms with van der Waals surface area (Å²) in [4.78, 5) is 41.2. The summed E-state index contributed by atoms with van der Waals surface area (Å²) >= 11 is 0. The molecular formula is C24H24F2N4O5. The number of nitrogens with one attached hydrogen (secondary N) is 1. The molecule has 184 valence electrons. The highest BCUT2D eigenvalue weighted by atomic mass is 19.1. The van der Waals surface area contributed by atoms with E-state index in [1.165, 1.54) is 25.6 Å². The number of halogens is 2. The number of hydrogen-bond acceptors (Lipinski definition) is 6. The van der Waals surface area contributed by atoms with Gasteiger partial charge in [0.05, 0.1) is 25.3 Å². The summed E-state index contributed by atoms with van der Waals surface area (Å²) in [6, 6.07) is 7.53. The van der Waals surface area contributed by atoms with Crippen LogP contribution >= 0.6 is 0 Å². The Balaban J connectivity index is 1.45. The third-order valence-corrected chi connectivity index (χ3v) is 5.70. The van der Waals surface area contributed by atoms with Crippen molar-refractivity contribution < 1.29 is 27.5 Å². The average molecular weight is 486 g/mol. The second kappa shape index (κ2) is 10.5. The van der Waals surface area contributed by atoms with Crippen LogP contribution in [-0.2, 0) is 17.9 Å². The van der Waals surface area contributed by atoms with E-state index in [2.05, 4.69) is 10.2 Å². The van der Waals surface area contributed by atoms with Crippen molar-refractivity contribution in [3.8, 4) is 5.75 Å². The fourth-order valence-electron chi connectivity index (χ4n) is 3.86. The Morgan fingerprint density at radius 2 is 1.89 bits per heavy atom. The second-order valence-electron chi connectivity index (χ2n) is 8.04. The van der Waals surface area contributed by atoms with Crippen LogP contribution in [0.25, 0.3) is 0 Å². The normalized spacial score (nSPS) is 14.1. The van der Waals surface area contributed by atoms with Gasteiger partial charge in [0.1, 0.15) is 18.2 Å². The van der Waals surface area contributed by atoms with Gasteiger partial charge in [-0.05, 0) is 24.3 Å². The van der Waals surface area contributed by atoms with Gasteiger partial charge in [-0.2, -0.15) is 0 Å². The van der Waals surface area contributed by atoms with Gasteiger partial charge in [-0.25, -0.2) is 8.78 Å². The quantitative estimate of drug-likeness (QED) is 0.551. The number of carbonyl (C=O) groups is 2. The van der Waals surface area contributed by atoms with Crippen molar-refractivity contribution in [2.45, 2.75) is 13.1 Å². The molecular weight excluding hydrogens is 462 g/mol. The lowest BCUT2D eigenvalue weighted by molar-refractivity contribution is -0.116. The van der Waals surface area contributed by atoms with Crippen LogP contribution in [-0.4, -0.2) is 59.5 Å². The highest BCUT2D eigenvalue weighted by Gasteiger charge is 2.24. The number of pyridine rings is 1. The third kappa shape index (κ3) is 5.75. The van der Waals surface area contributed by atoms with E-state index in [1.54, 1.807) is 21.6 Å². The number of piperazine rings is 1. The first-order valence-corrected chi connectivity index (χ1v) is 10.9. The van der Waals surface area contributed by atoms with Crippen LogP contribution in [0, 0.1) is 11.6 Å². The zero-order valence-electron chi connectivity index (χ0n) is 19.0. The highest BCUT2D eigenvalue weighted by molar-refractivity contribution is 5.91. The van der Waals surface area contributed by atoms with Crippen LogP contribution in [0.5, 0.6) is 5.75 Å². The number of rotatable bonds is 7. The molecule has 4 rings (SSSR count). The number of methoxy groups -OCH3 is 1. The maximum absolute atomic E-state index is 13.9. The molecule has 0 atom stereocenters. The molecule has 0 saturated carbocycles. The molecule has 1 fully saturated rings. The molecule has 35 heavy (non-hydrogen) atoms. The Morgan fingerprint density at radius 3 is 2.54 bits per heavy atom. The van der Waals surface area contributed by atoms with Crippen molar-refractivity contribution >= 4 is 17.5 Å². The lowest BCUT2D eigenvalue weighted by atomic mass is 10.2. The number of aromatic nitrogens is 1. The minimum Gasteiger partial charge on any atom is -0.491 e. The molecule has 9 nitrogen and oxygen atoms in total. The molecule has 3 aromatic rings. The van der Waals surface area contributed by atoms with Crippen LogP contribution in [0.15, 0.2) is 58.1 Å². The maximum atomic E-state index is 13.9. The Morgan fingerprint density at radius 1 is 1.11 bits per heavy atom. The molecule has 0 unspecified atom stereocenters. The monoisotopic (exact) mass is 486 g/mol.